The summed E-state index contributed by atoms with van der Waals surface area (Å²) in [5, 5.41) is 11.4. The number of amides is 2. The second kappa shape index (κ2) is 7.54. The molecule has 7 heteroatoms. The number of primary amides is 1. The molecule has 6 nitrogen and oxygen atoms in total. The summed E-state index contributed by atoms with van der Waals surface area (Å²) < 4.78 is 0. The molecule has 1 aromatic carbocycles. The van der Waals surface area contributed by atoms with E-state index < -0.39 is 23.8 Å². The minimum absolute atomic E-state index is 0.0285. The number of carbonyl (C=O) groups excluding carboxylic acids is 2. The number of carboxylic acid groups (broad SMARTS) is 1. The Hall–Kier alpha value is -2.02. The van der Waals surface area contributed by atoms with Crippen LogP contribution in [0.2, 0.25) is 0 Å². The molecule has 0 saturated carbocycles. The largest absolute Gasteiger partial charge is 0.480 e. The average Bonchev–Trinajstić information content (AvgIpc) is 2.42. The maximum atomic E-state index is 11.9. The summed E-state index contributed by atoms with van der Waals surface area (Å²) in [6, 6.07) is 5.66. The van der Waals surface area contributed by atoms with Gasteiger partial charge in [0, 0.05) is 16.9 Å². The Morgan fingerprint density at radius 3 is 2.35 bits per heavy atom. The van der Waals surface area contributed by atoms with Crippen LogP contribution in [0.5, 0.6) is 0 Å². The Morgan fingerprint density at radius 2 is 1.90 bits per heavy atom. The van der Waals surface area contributed by atoms with Gasteiger partial charge < -0.3 is 16.2 Å². The minimum Gasteiger partial charge on any atom is -0.480 e. The lowest BCUT2D eigenvalue weighted by Gasteiger charge is -2.13. The molecule has 0 aliphatic heterocycles. The van der Waals surface area contributed by atoms with Gasteiger partial charge in [0.1, 0.15) is 6.04 Å². The Labute approximate surface area is 120 Å². The van der Waals surface area contributed by atoms with E-state index in [-0.39, 0.29) is 12.8 Å². The molecular weight excluding hydrogens is 280 g/mol. The Morgan fingerprint density at radius 1 is 1.30 bits per heavy atom. The molecule has 0 fully saturated rings. The van der Waals surface area contributed by atoms with Crippen LogP contribution in [-0.4, -0.2) is 35.2 Å². The first-order valence-electron chi connectivity index (χ1n) is 5.90. The molecule has 0 heterocycles. The van der Waals surface area contributed by atoms with Crippen LogP contribution in [0.1, 0.15) is 23.2 Å². The van der Waals surface area contributed by atoms with E-state index in [4.69, 9.17) is 10.8 Å². The number of nitrogens with one attached hydrogen (secondary N) is 1. The summed E-state index contributed by atoms with van der Waals surface area (Å²) in [4.78, 5) is 34.6. The lowest BCUT2D eigenvalue weighted by atomic mass is 10.1. The zero-order chi connectivity index (χ0) is 15.1. The van der Waals surface area contributed by atoms with E-state index in [0.29, 0.717) is 5.56 Å². The number of carbonyl (C=O) groups is 3. The third kappa shape index (κ3) is 4.93. The fourth-order valence-corrected chi connectivity index (χ4v) is 1.94. The zero-order valence-corrected chi connectivity index (χ0v) is 11.8. The van der Waals surface area contributed by atoms with Crippen LogP contribution in [0.4, 0.5) is 0 Å². The van der Waals surface area contributed by atoms with Gasteiger partial charge in [-0.3, -0.25) is 9.59 Å². The summed E-state index contributed by atoms with van der Waals surface area (Å²) in [6.45, 7) is 0. The van der Waals surface area contributed by atoms with Gasteiger partial charge in [0.05, 0.1) is 0 Å². The van der Waals surface area contributed by atoms with Crippen molar-refractivity contribution in [1.29, 1.82) is 0 Å². The summed E-state index contributed by atoms with van der Waals surface area (Å²) in [6.07, 6.45) is 1.79. The molecule has 4 N–H and O–H groups in total. The van der Waals surface area contributed by atoms with Gasteiger partial charge in [0.15, 0.2) is 0 Å². The van der Waals surface area contributed by atoms with Crippen molar-refractivity contribution < 1.29 is 19.5 Å². The minimum atomic E-state index is -1.19. The van der Waals surface area contributed by atoms with Crippen molar-refractivity contribution in [2.75, 3.05) is 6.26 Å². The molecule has 108 valence electrons. The number of thioether (sulfide) groups is 1. The fraction of sp³-hybridized carbons (Fsp3) is 0.308. The van der Waals surface area contributed by atoms with Gasteiger partial charge in [0.2, 0.25) is 5.91 Å². The van der Waals surface area contributed by atoms with E-state index in [1.165, 1.54) is 0 Å². The lowest BCUT2D eigenvalue weighted by molar-refractivity contribution is -0.139. The molecule has 0 aliphatic carbocycles. The number of benzene rings is 1. The van der Waals surface area contributed by atoms with Gasteiger partial charge >= 0.3 is 5.97 Å². The van der Waals surface area contributed by atoms with Crippen molar-refractivity contribution >= 4 is 29.5 Å². The van der Waals surface area contributed by atoms with E-state index in [1.54, 1.807) is 36.0 Å². The summed E-state index contributed by atoms with van der Waals surface area (Å²) in [7, 11) is 0. The quantitative estimate of drug-likeness (QED) is 0.646. The monoisotopic (exact) mass is 296 g/mol. The molecule has 1 rings (SSSR count). The van der Waals surface area contributed by atoms with Crippen LogP contribution < -0.4 is 11.1 Å². The van der Waals surface area contributed by atoms with Crippen LogP contribution in [0, 0.1) is 0 Å². The van der Waals surface area contributed by atoms with Gasteiger partial charge in [0.25, 0.3) is 5.91 Å². The second-order valence-corrected chi connectivity index (χ2v) is 4.98. The molecule has 20 heavy (non-hydrogen) atoms. The maximum absolute atomic E-state index is 11.9. The second-order valence-electron chi connectivity index (χ2n) is 4.10. The molecule has 0 saturated heterocycles. The van der Waals surface area contributed by atoms with Crippen LogP contribution in [-0.2, 0) is 9.59 Å². The number of hydrogen-bond acceptors (Lipinski definition) is 4. The third-order valence-electron chi connectivity index (χ3n) is 2.64. The topological polar surface area (TPSA) is 109 Å². The van der Waals surface area contributed by atoms with Crippen LogP contribution in [0.15, 0.2) is 29.2 Å². The Balaban J connectivity index is 2.69. The molecule has 0 spiro atoms. The highest BCUT2D eigenvalue weighted by Crippen LogP contribution is 2.15. The Bertz CT molecular complexity index is 502. The van der Waals surface area contributed by atoms with E-state index >= 15 is 0 Å². The predicted octanol–water partition coefficient (Wildman–Crippen LogP) is 0.857. The first kappa shape index (κ1) is 16.0. The molecule has 0 bridgehead atoms. The first-order valence-corrected chi connectivity index (χ1v) is 7.12. The van der Waals surface area contributed by atoms with Crippen molar-refractivity contribution in [2.45, 2.75) is 23.8 Å². The number of carboxylic acids is 1. The van der Waals surface area contributed by atoms with Gasteiger partial charge in [-0.2, -0.15) is 0 Å². The fourth-order valence-electron chi connectivity index (χ4n) is 1.53. The summed E-state index contributed by atoms with van der Waals surface area (Å²) in [5.41, 5.74) is 5.34. The number of aliphatic carboxylic acids is 1. The van der Waals surface area contributed by atoms with Crippen molar-refractivity contribution in [1.82, 2.24) is 5.32 Å². The molecule has 0 aliphatic rings. The van der Waals surface area contributed by atoms with E-state index in [1.807, 2.05) is 6.26 Å². The lowest BCUT2D eigenvalue weighted by Crippen LogP contribution is -2.41. The molecular formula is C13H16N2O4S. The highest BCUT2D eigenvalue weighted by Gasteiger charge is 2.21. The van der Waals surface area contributed by atoms with Crippen molar-refractivity contribution in [3.05, 3.63) is 29.8 Å². The number of hydrogen-bond donors (Lipinski definition) is 3. The molecule has 1 aromatic rings. The third-order valence-corrected chi connectivity index (χ3v) is 3.38. The maximum Gasteiger partial charge on any atom is 0.326 e. The van der Waals surface area contributed by atoms with Gasteiger partial charge in [-0.15, -0.1) is 11.8 Å². The number of nitrogens with two attached hydrogens (primary N) is 1. The highest BCUT2D eigenvalue weighted by molar-refractivity contribution is 7.98. The number of rotatable bonds is 7. The average molecular weight is 296 g/mol. The van der Waals surface area contributed by atoms with Gasteiger partial charge in [-0.25, -0.2) is 4.79 Å². The highest BCUT2D eigenvalue weighted by atomic mass is 32.2. The molecule has 0 unspecified atom stereocenters. The zero-order valence-electron chi connectivity index (χ0n) is 11.0. The van der Waals surface area contributed by atoms with Gasteiger partial charge in [-0.05, 0) is 36.9 Å². The van der Waals surface area contributed by atoms with Crippen molar-refractivity contribution in [3.63, 3.8) is 0 Å². The summed E-state index contributed by atoms with van der Waals surface area (Å²) in [5.74, 6) is -2.29. The van der Waals surface area contributed by atoms with E-state index in [0.717, 1.165) is 4.90 Å². The molecule has 2 amide bonds. The molecule has 0 radical (unpaired) electrons. The predicted molar refractivity (Wildman–Crippen MR) is 75.5 cm³/mol. The van der Waals surface area contributed by atoms with Crippen LogP contribution in [0.3, 0.4) is 0 Å². The summed E-state index contributed by atoms with van der Waals surface area (Å²) >= 11 is 1.54. The SMILES string of the molecule is CSc1ccc(C(=O)N[C@@H](CCC(N)=O)C(=O)O)cc1. The Kier molecular flexibility index (Phi) is 6.05. The van der Waals surface area contributed by atoms with E-state index in [2.05, 4.69) is 5.32 Å². The van der Waals surface area contributed by atoms with Crippen molar-refractivity contribution in [3.8, 4) is 0 Å². The smallest absolute Gasteiger partial charge is 0.326 e. The first-order chi connectivity index (χ1) is 9.43. The van der Waals surface area contributed by atoms with Crippen LogP contribution >= 0.6 is 11.8 Å². The van der Waals surface area contributed by atoms with Crippen molar-refractivity contribution in [2.24, 2.45) is 5.73 Å². The van der Waals surface area contributed by atoms with Gasteiger partial charge in [-0.1, -0.05) is 0 Å². The van der Waals surface area contributed by atoms with E-state index in [9.17, 15) is 14.4 Å². The standard InChI is InChI=1S/C13H16N2O4S/c1-20-9-4-2-8(3-5-9)12(17)15-10(13(18)19)6-7-11(14)16/h2-5,10H,6-7H2,1H3,(H2,14,16)(H,15,17)(H,18,19)/t10-/m0/s1. The molecule has 1 atom stereocenters. The van der Waals surface area contributed by atoms with Crippen LogP contribution in [0.25, 0.3) is 0 Å². The normalized spacial score (nSPS) is 11.7. The molecule has 0 aromatic heterocycles.